The van der Waals surface area contributed by atoms with Crippen LogP contribution in [0, 0.1) is 6.92 Å². The van der Waals surface area contributed by atoms with Gasteiger partial charge in [0.2, 0.25) is 0 Å². The van der Waals surface area contributed by atoms with Gasteiger partial charge in [-0.15, -0.1) is 11.3 Å². The summed E-state index contributed by atoms with van der Waals surface area (Å²) in [6.07, 6.45) is 5.22. The molecule has 2 aromatic carbocycles. The number of aromatic nitrogens is 4. The zero-order valence-corrected chi connectivity index (χ0v) is 20.5. The number of halogens is 6. The normalized spacial score (nSPS) is 14.0. The van der Waals surface area contributed by atoms with Gasteiger partial charge < -0.3 is 5.32 Å². The maximum Gasteiger partial charge on any atom is 0.310 e. The highest BCUT2D eigenvalue weighted by Crippen LogP contribution is 3.02. The van der Waals surface area contributed by atoms with E-state index in [1.165, 1.54) is 11.3 Å². The predicted molar refractivity (Wildman–Crippen MR) is 131 cm³/mol. The molecule has 0 radical (unpaired) electrons. The van der Waals surface area contributed by atoms with Crippen molar-refractivity contribution in [2.75, 3.05) is 5.32 Å². The molecule has 1 N–H and O–H groups in total. The van der Waals surface area contributed by atoms with E-state index in [9.17, 15) is 24.2 Å². The SMILES string of the molecule is Cc1ccc(NC(=O)c2cc(Cl)cc(S(F)(F)(F)(F)F)c2)cc1-n1ccn2nc(-c3cncs3)cc12. The monoisotopic (exact) mass is 559 g/mol. The molecule has 0 saturated carbocycles. The number of fused-ring (bicyclic) bond motifs is 1. The van der Waals surface area contributed by atoms with Gasteiger partial charge in [-0.2, -0.15) is 5.10 Å². The Morgan fingerprint density at radius 3 is 2.53 bits per heavy atom. The number of imidazole rings is 1. The number of hydrogen-bond acceptors (Lipinski definition) is 4. The van der Waals surface area contributed by atoms with E-state index in [0.29, 0.717) is 5.69 Å². The maximum atomic E-state index is 13.3. The van der Waals surface area contributed by atoms with E-state index in [2.05, 4.69) is 15.4 Å². The Balaban J connectivity index is 1.48. The van der Waals surface area contributed by atoms with Gasteiger partial charge in [0.25, 0.3) is 5.91 Å². The second kappa shape index (κ2) is 7.54. The molecule has 3 aromatic heterocycles. The van der Waals surface area contributed by atoms with Gasteiger partial charge in [-0.1, -0.05) is 37.1 Å². The van der Waals surface area contributed by atoms with E-state index in [4.69, 9.17) is 11.6 Å². The number of aryl methyl sites for hydroxylation is 1. The number of carbonyl (C=O) groups excluding carboxylic acids is 1. The summed E-state index contributed by atoms with van der Waals surface area (Å²) in [5.74, 6) is -1.02. The van der Waals surface area contributed by atoms with Gasteiger partial charge >= 0.3 is 10.2 Å². The summed E-state index contributed by atoms with van der Waals surface area (Å²) in [4.78, 5) is 15.4. The first kappa shape index (κ1) is 24.3. The lowest BCUT2D eigenvalue weighted by molar-refractivity contribution is 0.102. The number of benzene rings is 2. The van der Waals surface area contributed by atoms with Crippen LogP contribution in [0.2, 0.25) is 5.02 Å². The molecule has 36 heavy (non-hydrogen) atoms. The Hall–Kier alpha value is -3.42. The summed E-state index contributed by atoms with van der Waals surface area (Å²) in [6, 6.07) is 7.83. The van der Waals surface area contributed by atoms with Crippen molar-refractivity contribution in [2.24, 2.45) is 0 Å². The third kappa shape index (κ3) is 4.68. The van der Waals surface area contributed by atoms with Crippen molar-refractivity contribution in [3.63, 3.8) is 0 Å². The van der Waals surface area contributed by atoms with Crippen molar-refractivity contribution in [2.45, 2.75) is 11.8 Å². The molecule has 0 spiro atoms. The highest BCUT2D eigenvalue weighted by Gasteiger charge is 2.65. The zero-order valence-electron chi connectivity index (χ0n) is 18.1. The van der Waals surface area contributed by atoms with Crippen LogP contribution < -0.4 is 5.32 Å². The molecule has 0 aliphatic heterocycles. The first-order valence-corrected chi connectivity index (χ1v) is 13.3. The van der Waals surface area contributed by atoms with Gasteiger partial charge in [0.05, 0.1) is 16.1 Å². The second-order valence-electron chi connectivity index (χ2n) is 7.97. The number of nitrogens with one attached hydrogen (secondary N) is 1. The predicted octanol–water partition coefficient (Wildman–Crippen LogP) is 8.12. The van der Waals surface area contributed by atoms with Crippen molar-refractivity contribution < 1.29 is 24.2 Å². The number of anilines is 1. The quantitative estimate of drug-likeness (QED) is 0.221. The summed E-state index contributed by atoms with van der Waals surface area (Å²) < 4.78 is 69.8. The van der Waals surface area contributed by atoms with Crippen molar-refractivity contribution in [3.05, 3.63) is 82.7 Å². The number of amides is 1. The van der Waals surface area contributed by atoms with Gasteiger partial charge in [-0.25, -0.2) is 4.52 Å². The number of carbonyl (C=O) groups is 1. The summed E-state index contributed by atoms with van der Waals surface area (Å²) in [6.45, 7) is 1.84. The summed E-state index contributed by atoms with van der Waals surface area (Å²) in [5.41, 5.74) is 4.23. The average molecular weight is 560 g/mol. The number of hydrogen-bond donors (Lipinski definition) is 1. The van der Waals surface area contributed by atoms with Crippen molar-refractivity contribution >= 4 is 50.4 Å². The largest absolute Gasteiger partial charge is 0.322 e. The first-order chi connectivity index (χ1) is 16.7. The topological polar surface area (TPSA) is 64.2 Å². The average Bonchev–Trinajstić information content (AvgIpc) is 3.50. The minimum absolute atomic E-state index is 0.0978. The van der Waals surface area contributed by atoms with Crippen molar-refractivity contribution in [1.82, 2.24) is 19.2 Å². The summed E-state index contributed by atoms with van der Waals surface area (Å²) in [7, 11) is -10.0. The molecule has 3 heterocycles. The number of nitrogens with zero attached hydrogens (tertiary/aromatic N) is 4. The minimum atomic E-state index is -10.0. The second-order valence-corrected chi connectivity index (χ2v) is 11.7. The molecule has 0 unspecified atom stereocenters. The van der Waals surface area contributed by atoms with E-state index in [1.807, 2.05) is 17.6 Å². The van der Waals surface area contributed by atoms with Crippen LogP contribution in [0.4, 0.5) is 25.1 Å². The van der Waals surface area contributed by atoms with Gasteiger partial charge in [-0.3, -0.25) is 14.3 Å². The fraction of sp³-hybridized carbons (Fsp3) is 0.0455. The summed E-state index contributed by atoms with van der Waals surface area (Å²) in [5, 5.41) is 6.34. The maximum absolute atomic E-state index is 13.3. The Bertz CT molecular complexity index is 1650. The Kier molecular flexibility index (Phi) is 5.09. The van der Waals surface area contributed by atoms with E-state index < -0.39 is 31.6 Å². The van der Waals surface area contributed by atoms with Crippen molar-refractivity contribution in [1.29, 1.82) is 0 Å². The molecule has 1 amide bonds. The molecule has 0 saturated heterocycles. The van der Waals surface area contributed by atoms with Crippen LogP contribution in [-0.4, -0.2) is 25.1 Å². The zero-order chi connectivity index (χ0) is 25.9. The van der Waals surface area contributed by atoms with Crippen LogP contribution in [0.25, 0.3) is 21.9 Å². The van der Waals surface area contributed by atoms with E-state index in [-0.39, 0.29) is 17.8 Å². The highest BCUT2D eigenvalue weighted by molar-refractivity contribution is 8.45. The van der Waals surface area contributed by atoms with Gasteiger partial charge in [0, 0.05) is 40.9 Å². The highest BCUT2D eigenvalue weighted by atomic mass is 35.5. The Morgan fingerprint density at radius 2 is 1.83 bits per heavy atom. The molecule has 0 bridgehead atoms. The van der Waals surface area contributed by atoms with Crippen LogP contribution in [0.3, 0.4) is 0 Å². The van der Waals surface area contributed by atoms with Crippen LogP contribution in [0.15, 0.2) is 71.5 Å². The van der Waals surface area contributed by atoms with E-state index in [0.717, 1.165) is 27.8 Å². The lowest BCUT2D eigenvalue weighted by Crippen LogP contribution is -2.14. The van der Waals surface area contributed by atoms with Gasteiger partial charge in [-0.05, 0) is 42.8 Å². The molecule has 14 heteroatoms. The van der Waals surface area contributed by atoms with Crippen LogP contribution in [-0.2, 0) is 0 Å². The fourth-order valence-electron chi connectivity index (χ4n) is 3.61. The molecule has 0 aliphatic rings. The van der Waals surface area contributed by atoms with Crippen LogP contribution in [0.5, 0.6) is 0 Å². The van der Waals surface area contributed by atoms with E-state index in [1.54, 1.807) is 46.8 Å². The van der Waals surface area contributed by atoms with Gasteiger partial charge in [0.1, 0.15) is 16.2 Å². The Labute approximate surface area is 209 Å². The van der Waals surface area contributed by atoms with E-state index >= 15 is 0 Å². The fourth-order valence-corrected chi connectivity index (χ4v) is 5.19. The smallest absolute Gasteiger partial charge is 0.310 e. The lowest BCUT2D eigenvalue weighted by Gasteiger charge is -2.40. The van der Waals surface area contributed by atoms with Gasteiger partial charge in [0.15, 0.2) is 0 Å². The minimum Gasteiger partial charge on any atom is -0.322 e. The molecule has 0 aliphatic carbocycles. The Morgan fingerprint density at radius 1 is 1.06 bits per heavy atom. The molecule has 5 aromatic rings. The third-order valence-electron chi connectivity index (χ3n) is 5.31. The molecular formula is C22H15ClF5N5OS2. The number of rotatable bonds is 5. The lowest BCUT2D eigenvalue weighted by atomic mass is 10.1. The van der Waals surface area contributed by atoms with Crippen LogP contribution >= 0.6 is 33.2 Å². The molecule has 5 rings (SSSR count). The molecule has 0 atom stereocenters. The molecular weight excluding hydrogens is 545 g/mol. The molecule has 6 nitrogen and oxygen atoms in total. The standard InChI is InChI=1S/C22H15ClF5N5OS2/c1-13-2-3-16(30-22(34)14-6-15(23)8-17(7-14)36(24,25,26,27)28)9-19(13)32-4-5-33-21(32)10-18(31-33)20-11-29-12-35-20/h2-12H,1H3,(H,30,34). The van der Waals surface area contributed by atoms with Crippen molar-refractivity contribution in [3.8, 4) is 16.3 Å². The summed E-state index contributed by atoms with van der Waals surface area (Å²) >= 11 is 7.07. The molecule has 188 valence electrons. The molecule has 0 fully saturated rings. The van der Waals surface area contributed by atoms with Crippen LogP contribution in [0.1, 0.15) is 15.9 Å². The number of thiazole rings is 1. The third-order valence-corrected chi connectivity index (χ3v) is 7.45. The first-order valence-electron chi connectivity index (χ1n) is 10.1.